The molecule has 0 amide bonds. The molecule has 12 heavy (non-hydrogen) atoms. The van der Waals surface area contributed by atoms with Crippen LogP contribution in [0.1, 0.15) is 58.3 Å². The smallest absolute Gasteiger partial charge is 0.0351 e. The third-order valence-corrected chi connectivity index (χ3v) is 2.02. The Morgan fingerprint density at radius 1 is 0.917 bits per heavy atom. The van der Waals surface area contributed by atoms with Crippen molar-refractivity contribution in [3.8, 4) is 0 Å². The lowest BCUT2D eigenvalue weighted by atomic mass is 10.1. The average Bonchev–Trinajstić information content (AvgIpc) is 2.10. The third-order valence-electron chi connectivity index (χ3n) is 2.02. The van der Waals surface area contributed by atoms with E-state index in [4.69, 9.17) is 0 Å². The quantitative estimate of drug-likeness (QED) is 0.368. The topological polar surface area (TPSA) is 0 Å². The van der Waals surface area contributed by atoms with E-state index in [0.717, 1.165) is 6.42 Å². The van der Waals surface area contributed by atoms with Crippen molar-refractivity contribution in [2.45, 2.75) is 58.3 Å². The van der Waals surface area contributed by atoms with Crippen LogP contribution in [0.4, 0.5) is 0 Å². The van der Waals surface area contributed by atoms with E-state index in [1.807, 2.05) is 0 Å². The van der Waals surface area contributed by atoms with E-state index in [1.54, 1.807) is 0 Å². The Balaban J connectivity index is 2.86. The minimum Gasteiger partial charge on any atom is -0.0888 e. The van der Waals surface area contributed by atoms with E-state index in [-0.39, 0.29) is 0 Å². The minimum atomic E-state index is 1.11. The van der Waals surface area contributed by atoms with Crippen LogP contribution >= 0.6 is 0 Å². The molecule has 71 valence electrons. The second-order valence-corrected chi connectivity index (χ2v) is 3.29. The SMILES string of the molecule is [CH2]CCCCCCCC=CCC. The predicted octanol–water partition coefficient (Wildman–Crippen LogP) is 4.52. The van der Waals surface area contributed by atoms with Crippen LogP contribution < -0.4 is 0 Å². The van der Waals surface area contributed by atoms with Crippen LogP contribution in [0.25, 0.3) is 0 Å². The number of hydrogen-bond acceptors (Lipinski definition) is 0. The van der Waals surface area contributed by atoms with Crippen molar-refractivity contribution in [3.63, 3.8) is 0 Å². The van der Waals surface area contributed by atoms with E-state index in [1.165, 1.54) is 44.9 Å². The molecule has 0 spiro atoms. The molecule has 0 aliphatic rings. The van der Waals surface area contributed by atoms with Gasteiger partial charge in [-0.15, -0.1) is 0 Å². The summed E-state index contributed by atoms with van der Waals surface area (Å²) in [4.78, 5) is 0. The summed E-state index contributed by atoms with van der Waals surface area (Å²) in [6.07, 6.45) is 15.0. The molecule has 0 aromatic heterocycles. The largest absolute Gasteiger partial charge is 0.0888 e. The van der Waals surface area contributed by atoms with Gasteiger partial charge in [0.15, 0.2) is 0 Å². The second kappa shape index (κ2) is 10.7. The molecule has 1 radical (unpaired) electrons. The van der Waals surface area contributed by atoms with Crippen LogP contribution in [0.2, 0.25) is 0 Å². The summed E-state index contributed by atoms with van der Waals surface area (Å²) in [5.74, 6) is 0. The van der Waals surface area contributed by atoms with Gasteiger partial charge in [-0.3, -0.25) is 0 Å². The zero-order valence-electron chi connectivity index (χ0n) is 8.52. The number of unbranched alkanes of at least 4 members (excludes halogenated alkanes) is 6. The van der Waals surface area contributed by atoms with Crippen molar-refractivity contribution >= 4 is 0 Å². The third kappa shape index (κ3) is 9.74. The summed E-state index contributed by atoms with van der Waals surface area (Å²) in [5, 5.41) is 0. The van der Waals surface area contributed by atoms with Crippen LogP contribution in [-0.2, 0) is 0 Å². The summed E-state index contributed by atoms with van der Waals surface area (Å²) in [6.45, 7) is 6.02. The maximum Gasteiger partial charge on any atom is -0.0351 e. The first-order chi connectivity index (χ1) is 5.91. The molecule has 0 fully saturated rings. The molecule has 0 saturated carbocycles. The molecule has 0 nitrogen and oxygen atoms in total. The highest BCUT2D eigenvalue weighted by Gasteiger charge is 1.87. The van der Waals surface area contributed by atoms with Gasteiger partial charge < -0.3 is 0 Å². The predicted molar refractivity (Wildman–Crippen MR) is 57.1 cm³/mol. The molecule has 0 aliphatic heterocycles. The normalized spacial score (nSPS) is 11.2. The fourth-order valence-corrected chi connectivity index (χ4v) is 1.25. The molecular formula is C12H23. The Bertz CT molecular complexity index is 92.2. The van der Waals surface area contributed by atoms with Crippen molar-refractivity contribution in [2.24, 2.45) is 0 Å². The van der Waals surface area contributed by atoms with E-state index in [2.05, 4.69) is 26.0 Å². The van der Waals surface area contributed by atoms with Gasteiger partial charge in [-0.2, -0.15) is 0 Å². The van der Waals surface area contributed by atoms with E-state index >= 15 is 0 Å². The zero-order valence-corrected chi connectivity index (χ0v) is 8.52. The fourth-order valence-electron chi connectivity index (χ4n) is 1.25. The van der Waals surface area contributed by atoms with E-state index < -0.39 is 0 Å². The van der Waals surface area contributed by atoms with Crippen molar-refractivity contribution < 1.29 is 0 Å². The Hall–Kier alpha value is -0.260. The first-order valence-corrected chi connectivity index (χ1v) is 5.36. The molecule has 0 saturated heterocycles. The van der Waals surface area contributed by atoms with Crippen LogP contribution in [-0.4, -0.2) is 0 Å². The van der Waals surface area contributed by atoms with Gasteiger partial charge in [0.05, 0.1) is 0 Å². The zero-order chi connectivity index (χ0) is 9.07. The van der Waals surface area contributed by atoms with E-state index in [9.17, 15) is 0 Å². The lowest BCUT2D eigenvalue weighted by Gasteiger charge is -1.97. The molecule has 0 aromatic carbocycles. The molecule has 0 heteroatoms. The van der Waals surface area contributed by atoms with Crippen molar-refractivity contribution in [1.29, 1.82) is 0 Å². The number of hydrogen-bond donors (Lipinski definition) is 0. The summed E-state index contributed by atoms with van der Waals surface area (Å²) in [7, 11) is 0. The Morgan fingerprint density at radius 2 is 1.58 bits per heavy atom. The Morgan fingerprint density at radius 3 is 2.25 bits per heavy atom. The standard InChI is InChI=1S/C12H23/c1-3-5-7-9-11-12-10-8-6-4-2/h6,8H,1,3-5,7,9-12H2,2H3. The Labute approximate surface area is 78.1 Å². The van der Waals surface area contributed by atoms with Gasteiger partial charge in [-0.05, 0) is 19.3 Å². The highest BCUT2D eigenvalue weighted by Crippen LogP contribution is 2.06. The molecule has 0 N–H and O–H groups in total. The van der Waals surface area contributed by atoms with Crippen LogP contribution in [0, 0.1) is 6.92 Å². The summed E-state index contributed by atoms with van der Waals surface area (Å²) in [5.41, 5.74) is 0. The molecule has 0 atom stereocenters. The van der Waals surface area contributed by atoms with E-state index in [0.29, 0.717) is 0 Å². The summed E-state index contributed by atoms with van der Waals surface area (Å²) < 4.78 is 0. The Kier molecular flexibility index (Phi) is 10.5. The number of rotatable bonds is 8. The molecule has 0 heterocycles. The van der Waals surface area contributed by atoms with Gasteiger partial charge >= 0.3 is 0 Å². The minimum absolute atomic E-state index is 1.11. The van der Waals surface area contributed by atoms with Crippen LogP contribution in [0.3, 0.4) is 0 Å². The van der Waals surface area contributed by atoms with Crippen molar-refractivity contribution in [3.05, 3.63) is 19.1 Å². The molecule has 0 unspecified atom stereocenters. The van der Waals surface area contributed by atoms with Crippen molar-refractivity contribution in [1.82, 2.24) is 0 Å². The van der Waals surface area contributed by atoms with Gasteiger partial charge in [0, 0.05) is 0 Å². The fraction of sp³-hybridized carbons (Fsp3) is 0.750. The van der Waals surface area contributed by atoms with Crippen LogP contribution in [0.5, 0.6) is 0 Å². The molecular weight excluding hydrogens is 144 g/mol. The maximum atomic E-state index is 3.83. The van der Waals surface area contributed by atoms with Crippen LogP contribution in [0.15, 0.2) is 12.2 Å². The molecule has 0 aromatic rings. The highest BCUT2D eigenvalue weighted by atomic mass is 13.9. The lowest BCUT2D eigenvalue weighted by Crippen LogP contribution is -1.77. The number of allylic oxidation sites excluding steroid dienone is 2. The average molecular weight is 167 g/mol. The first-order valence-electron chi connectivity index (χ1n) is 5.36. The highest BCUT2D eigenvalue weighted by molar-refractivity contribution is 4.79. The first kappa shape index (κ1) is 11.7. The van der Waals surface area contributed by atoms with Crippen molar-refractivity contribution in [2.75, 3.05) is 0 Å². The van der Waals surface area contributed by atoms with Gasteiger partial charge in [0.25, 0.3) is 0 Å². The van der Waals surface area contributed by atoms with Gasteiger partial charge in [0.1, 0.15) is 0 Å². The van der Waals surface area contributed by atoms with Gasteiger partial charge in [0.2, 0.25) is 0 Å². The van der Waals surface area contributed by atoms with Gasteiger partial charge in [-0.25, -0.2) is 0 Å². The monoisotopic (exact) mass is 167 g/mol. The summed E-state index contributed by atoms with van der Waals surface area (Å²) >= 11 is 0. The summed E-state index contributed by atoms with van der Waals surface area (Å²) in [6, 6.07) is 0. The maximum absolute atomic E-state index is 3.83. The molecule has 0 rings (SSSR count). The lowest BCUT2D eigenvalue weighted by molar-refractivity contribution is 0.621. The van der Waals surface area contributed by atoms with Gasteiger partial charge in [-0.1, -0.05) is 58.1 Å². The molecule has 0 aliphatic carbocycles. The molecule has 0 bridgehead atoms. The second-order valence-electron chi connectivity index (χ2n) is 3.29.